The zero-order valence-electron chi connectivity index (χ0n) is 17.4. The predicted molar refractivity (Wildman–Crippen MR) is 110 cm³/mol. The Hall–Kier alpha value is -3.47. The number of nitriles is 2. The van der Waals surface area contributed by atoms with Crippen molar-refractivity contribution in [1.29, 1.82) is 10.5 Å². The number of carbonyl (C=O) groups excluding carboxylic acids is 1. The van der Waals surface area contributed by atoms with Crippen LogP contribution in [0.2, 0.25) is 0 Å². The van der Waals surface area contributed by atoms with Crippen LogP contribution in [-0.2, 0) is 22.1 Å². The Kier molecular flexibility index (Phi) is 7.64. The van der Waals surface area contributed by atoms with E-state index in [9.17, 15) is 27.6 Å². The maximum atomic E-state index is 14.7. The molecule has 2 aromatic rings. The lowest BCUT2D eigenvalue weighted by atomic mass is 9.97. The number of nitrogens with one attached hydrogen (secondary N) is 2. The van der Waals surface area contributed by atoms with E-state index in [2.05, 4.69) is 10.6 Å². The molecule has 6 nitrogen and oxygen atoms in total. The molecule has 0 radical (unpaired) electrons. The molecule has 33 heavy (non-hydrogen) atoms. The maximum absolute atomic E-state index is 14.7. The Balaban J connectivity index is 1.76. The van der Waals surface area contributed by atoms with Crippen LogP contribution in [0.25, 0.3) is 11.1 Å². The van der Waals surface area contributed by atoms with Gasteiger partial charge in [0.05, 0.1) is 23.3 Å². The average Bonchev–Trinajstić information content (AvgIpc) is 3.08. The first-order valence-electron chi connectivity index (χ1n) is 10.2. The fraction of sp³-hybridized carbons (Fsp3) is 0.348. The number of hydrogen-bond donors (Lipinski definition) is 2. The van der Waals surface area contributed by atoms with Crippen LogP contribution in [0.1, 0.15) is 23.1 Å². The van der Waals surface area contributed by atoms with Crippen LogP contribution in [0.3, 0.4) is 0 Å². The molecule has 1 aliphatic rings. The van der Waals surface area contributed by atoms with Crippen LogP contribution in [-0.4, -0.2) is 37.7 Å². The number of amides is 1. The Morgan fingerprint density at radius 3 is 2.61 bits per heavy atom. The van der Waals surface area contributed by atoms with Gasteiger partial charge in [0.25, 0.3) is 5.91 Å². The van der Waals surface area contributed by atoms with E-state index >= 15 is 0 Å². The highest BCUT2D eigenvalue weighted by Gasteiger charge is 2.34. The second kappa shape index (κ2) is 10.4. The van der Waals surface area contributed by atoms with E-state index in [-0.39, 0.29) is 23.1 Å². The van der Waals surface area contributed by atoms with Crippen LogP contribution in [0.4, 0.5) is 17.6 Å². The number of hydrogen-bond acceptors (Lipinski definition) is 5. The fourth-order valence-corrected chi connectivity index (χ4v) is 3.45. The van der Waals surface area contributed by atoms with Crippen molar-refractivity contribution in [2.75, 3.05) is 19.7 Å². The molecule has 1 saturated heterocycles. The van der Waals surface area contributed by atoms with Crippen molar-refractivity contribution in [3.05, 3.63) is 58.9 Å². The van der Waals surface area contributed by atoms with E-state index in [1.54, 1.807) is 0 Å². The molecule has 0 bridgehead atoms. The van der Waals surface area contributed by atoms with Crippen LogP contribution in [0.15, 0.2) is 36.4 Å². The minimum Gasteiger partial charge on any atom is -0.367 e. The molecule has 2 N–H and O–H groups in total. The lowest BCUT2D eigenvalue weighted by molar-refractivity contribution is -0.137. The highest BCUT2D eigenvalue weighted by molar-refractivity contribution is 5.81. The summed E-state index contributed by atoms with van der Waals surface area (Å²) in [5.74, 6) is -1.21. The number of nitrogens with zero attached hydrogens (tertiary/aromatic N) is 2. The van der Waals surface area contributed by atoms with Crippen LogP contribution in [0.5, 0.6) is 0 Å². The molecule has 0 saturated carbocycles. The van der Waals surface area contributed by atoms with Gasteiger partial charge in [0.1, 0.15) is 18.0 Å². The van der Waals surface area contributed by atoms with Gasteiger partial charge in [0, 0.05) is 19.6 Å². The zero-order valence-corrected chi connectivity index (χ0v) is 17.4. The SMILES string of the molecule is N#Cc1ccc(-c2ccc(CC(C#N)NC(=O)C3CNCCCO3)c(F)c2)cc1C(F)(F)F. The average molecular weight is 460 g/mol. The zero-order chi connectivity index (χ0) is 24.0. The van der Waals surface area contributed by atoms with E-state index in [0.717, 1.165) is 24.6 Å². The molecule has 0 aromatic heterocycles. The molecule has 172 valence electrons. The van der Waals surface area contributed by atoms with Gasteiger partial charge >= 0.3 is 6.18 Å². The van der Waals surface area contributed by atoms with Gasteiger partial charge in [-0.25, -0.2) is 4.39 Å². The fourth-order valence-electron chi connectivity index (χ4n) is 3.45. The first-order valence-corrected chi connectivity index (χ1v) is 10.2. The van der Waals surface area contributed by atoms with E-state index in [4.69, 9.17) is 10.00 Å². The normalized spacial score (nSPS) is 17.3. The summed E-state index contributed by atoms with van der Waals surface area (Å²) < 4.78 is 59.8. The lowest BCUT2D eigenvalue weighted by Gasteiger charge is -2.18. The smallest absolute Gasteiger partial charge is 0.367 e. The highest BCUT2D eigenvalue weighted by atomic mass is 19.4. The molecule has 1 fully saturated rings. The van der Waals surface area contributed by atoms with E-state index in [1.165, 1.54) is 24.3 Å². The molecule has 1 heterocycles. The predicted octanol–water partition coefficient (Wildman–Crippen LogP) is 3.31. The number of benzene rings is 2. The summed E-state index contributed by atoms with van der Waals surface area (Å²) >= 11 is 0. The van der Waals surface area contributed by atoms with E-state index < -0.39 is 41.2 Å². The van der Waals surface area contributed by atoms with Crippen molar-refractivity contribution >= 4 is 5.91 Å². The number of rotatable bonds is 5. The third-order valence-electron chi connectivity index (χ3n) is 5.17. The van der Waals surface area contributed by atoms with Crippen molar-refractivity contribution in [3.63, 3.8) is 0 Å². The second-order valence-corrected chi connectivity index (χ2v) is 7.49. The van der Waals surface area contributed by atoms with Gasteiger partial charge in [0.2, 0.25) is 0 Å². The summed E-state index contributed by atoms with van der Waals surface area (Å²) in [4.78, 5) is 12.4. The van der Waals surface area contributed by atoms with Crippen LogP contribution >= 0.6 is 0 Å². The van der Waals surface area contributed by atoms with Crippen molar-refractivity contribution in [1.82, 2.24) is 10.6 Å². The van der Waals surface area contributed by atoms with E-state index in [0.29, 0.717) is 19.7 Å². The van der Waals surface area contributed by atoms with Crippen molar-refractivity contribution in [2.24, 2.45) is 0 Å². The van der Waals surface area contributed by atoms with Gasteiger partial charge in [0.15, 0.2) is 0 Å². The number of carbonyl (C=O) groups is 1. The summed E-state index contributed by atoms with van der Waals surface area (Å²) in [7, 11) is 0. The second-order valence-electron chi connectivity index (χ2n) is 7.49. The monoisotopic (exact) mass is 460 g/mol. The van der Waals surface area contributed by atoms with Gasteiger partial charge in [-0.3, -0.25) is 4.79 Å². The van der Waals surface area contributed by atoms with Gasteiger partial charge in [-0.1, -0.05) is 18.2 Å². The molecule has 2 atom stereocenters. The molecule has 0 spiro atoms. The van der Waals surface area contributed by atoms with Crippen molar-refractivity contribution < 1.29 is 27.1 Å². The van der Waals surface area contributed by atoms with Gasteiger partial charge in [-0.15, -0.1) is 0 Å². The molecule has 3 rings (SSSR count). The minimum absolute atomic E-state index is 0.0925. The van der Waals surface area contributed by atoms with Gasteiger partial charge < -0.3 is 15.4 Å². The molecule has 1 aliphatic heterocycles. The number of ether oxygens (including phenoxy) is 1. The minimum atomic E-state index is -4.73. The molecule has 10 heteroatoms. The number of alkyl halides is 3. The molecular formula is C23H20F4N4O2. The first-order chi connectivity index (χ1) is 15.7. The van der Waals surface area contributed by atoms with Gasteiger partial charge in [-0.05, 0) is 47.9 Å². The Bertz CT molecular complexity index is 1100. The molecule has 0 aliphatic carbocycles. The largest absolute Gasteiger partial charge is 0.417 e. The van der Waals surface area contributed by atoms with Crippen molar-refractivity contribution in [2.45, 2.75) is 31.2 Å². The van der Waals surface area contributed by atoms with Crippen LogP contribution in [0, 0.1) is 28.5 Å². The standard InChI is InChI=1S/C23H20F4N4O2/c24-20-10-15(14-3-5-17(11-28)19(9-14)23(25,26)27)2-4-16(20)8-18(12-29)31-22(32)21-13-30-6-1-7-33-21/h2-5,9-10,18,21,30H,1,6-8,13H2,(H,31,32). The summed E-state index contributed by atoms with van der Waals surface area (Å²) in [6, 6.07) is 9.38. The number of halogens is 4. The molecule has 2 unspecified atom stereocenters. The summed E-state index contributed by atoms with van der Waals surface area (Å²) in [5, 5.41) is 23.9. The Morgan fingerprint density at radius 2 is 1.94 bits per heavy atom. The molecule has 1 amide bonds. The van der Waals surface area contributed by atoms with Crippen molar-refractivity contribution in [3.8, 4) is 23.3 Å². The highest BCUT2D eigenvalue weighted by Crippen LogP contribution is 2.35. The lowest BCUT2D eigenvalue weighted by Crippen LogP contribution is -2.46. The first kappa shape index (κ1) is 24.2. The molecule has 2 aromatic carbocycles. The van der Waals surface area contributed by atoms with Crippen LogP contribution < -0.4 is 10.6 Å². The third-order valence-corrected chi connectivity index (χ3v) is 5.17. The third kappa shape index (κ3) is 6.07. The quantitative estimate of drug-likeness (QED) is 0.668. The summed E-state index contributed by atoms with van der Waals surface area (Å²) in [6.07, 6.45) is -4.86. The Morgan fingerprint density at radius 1 is 1.21 bits per heavy atom. The molecular weight excluding hydrogens is 440 g/mol. The Labute approximate surface area is 187 Å². The van der Waals surface area contributed by atoms with E-state index in [1.807, 2.05) is 6.07 Å². The summed E-state index contributed by atoms with van der Waals surface area (Å²) in [6.45, 7) is 1.42. The van der Waals surface area contributed by atoms with Gasteiger partial charge in [-0.2, -0.15) is 23.7 Å². The maximum Gasteiger partial charge on any atom is 0.417 e. The topological polar surface area (TPSA) is 97.9 Å². The summed E-state index contributed by atoms with van der Waals surface area (Å²) in [5.41, 5.74) is -1.23.